The van der Waals surface area contributed by atoms with Gasteiger partial charge < -0.3 is 25.1 Å². The Morgan fingerprint density at radius 2 is 1.97 bits per heavy atom. The van der Waals surface area contributed by atoms with Crippen LogP contribution in [0.1, 0.15) is 5.82 Å². The third kappa shape index (κ3) is 4.10. The van der Waals surface area contributed by atoms with Crippen molar-refractivity contribution in [1.29, 1.82) is 0 Å². The Balaban J connectivity index is 1.77. The summed E-state index contributed by atoms with van der Waals surface area (Å²) in [4.78, 5) is 1.98. The molecular weight excluding hydrogens is 410 g/mol. The van der Waals surface area contributed by atoms with Crippen LogP contribution in [0.5, 0.6) is 5.75 Å². The Morgan fingerprint density at radius 3 is 2.71 bits per heavy atom. The highest BCUT2D eigenvalue weighted by Crippen LogP contribution is 2.35. The molecule has 31 heavy (non-hydrogen) atoms. The summed E-state index contributed by atoms with van der Waals surface area (Å²) in [6.07, 6.45) is 1.53. The minimum absolute atomic E-state index is 0.0166. The van der Waals surface area contributed by atoms with Gasteiger partial charge in [-0.25, -0.2) is 8.78 Å². The summed E-state index contributed by atoms with van der Waals surface area (Å²) < 4.78 is 36.7. The lowest BCUT2D eigenvalue weighted by molar-refractivity contribution is 0.422. The molecule has 10 nitrogen and oxygen atoms in total. The van der Waals surface area contributed by atoms with Crippen LogP contribution in [0.2, 0.25) is 0 Å². The van der Waals surface area contributed by atoms with E-state index in [2.05, 4.69) is 31.0 Å². The fraction of sp³-hybridized carbons (Fsp3) is 0.263. The summed E-state index contributed by atoms with van der Waals surface area (Å²) in [5.41, 5.74) is -0.0318. The van der Waals surface area contributed by atoms with Gasteiger partial charge >= 0.3 is 6.01 Å². The molecular formula is C19H20F2N8O2. The lowest BCUT2D eigenvalue weighted by Gasteiger charge is -2.13. The van der Waals surface area contributed by atoms with Crippen molar-refractivity contribution in [1.82, 2.24) is 29.7 Å². The average molecular weight is 430 g/mol. The summed E-state index contributed by atoms with van der Waals surface area (Å²) in [5.74, 6) is -1.33. The second kappa shape index (κ2) is 8.14. The van der Waals surface area contributed by atoms with Crippen LogP contribution in [0.15, 0.2) is 28.8 Å². The standard InChI is InChI=1S/C19H20F2N8O2/c1-10-24-25-17-15(21)16(23-14-5-4-11(30)8-13(14)20)12(9-29(10)17)18-26-27-19(31-18)22-6-7-28(2)3/h4-5,8-9,23,30H,6-7H2,1-3H3,(H,22,27). The van der Waals surface area contributed by atoms with Crippen LogP contribution in [-0.4, -0.2) is 62.0 Å². The monoisotopic (exact) mass is 430 g/mol. The maximum atomic E-state index is 15.4. The summed E-state index contributed by atoms with van der Waals surface area (Å²) >= 11 is 0. The van der Waals surface area contributed by atoms with E-state index >= 15 is 4.39 Å². The molecule has 12 heteroatoms. The van der Waals surface area contributed by atoms with E-state index in [1.165, 1.54) is 22.7 Å². The van der Waals surface area contributed by atoms with Gasteiger partial charge in [0.25, 0.3) is 5.89 Å². The number of pyridine rings is 1. The van der Waals surface area contributed by atoms with Crippen LogP contribution < -0.4 is 10.6 Å². The number of anilines is 3. The highest BCUT2D eigenvalue weighted by Gasteiger charge is 2.23. The quantitative estimate of drug-likeness (QED) is 0.381. The normalized spacial score (nSPS) is 11.4. The third-order valence-corrected chi connectivity index (χ3v) is 4.51. The molecule has 0 aliphatic heterocycles. The van der Waals surface area contributed by atoms with Crippen LogP contribution in [-0.2, 0) is 0 Å². The Hall–Kier alpha value is -3.80. The first-order chi connectivity index (χ1) is 14.8. The molecule has 0 bridgehead atoms. The first-order valence-electron chi connectivity index (χ1n) is 9.35. The van der Waals surface area contributed by atoms with E-state index in [1.807, 2.05) is 19.0 Å². The van der Waals surface area contributed by atoms with E-state index in [0.29, 0.717) is 12.4 Å². The molecule has 4 aromatic rings. The zero-order chi connectivity index (χ0) is 22.1. The van der Waals surface area contributed by atoms with Crippen LogP contribution in [0.25, 0.3) is 17.1 Å². The fourth-order valence-corrected chi connectivity index (χ4v) is 2.91. The van der Waals surface area contributed by atoms with Crippen molar-refractivity contribution < 1.29 is 18.3 Å². The minimum atomic E-state index is -0.772. The Labute approximate surface area is 175 Å². The van der Waals surface area contributed by atoms with E-state index in [1.54, 1.807) is 6.92 Å². The summed E-state index contributed by atoms with van der Waals surface area (Å²) in [5, 5.41) is 30.8. The Bertz CT molecular complexity index is 1240. The zero-order valence-corrected chi connectivity index (χ0v) is 17.0. The largest absolute Gasteiger partial charge is 0.508 e. The smallest absolute Gasteiger partial charge is 0.315 e. The van der Waals surface area contributed by atoms with Gasteiger partial charge in [0.15, 0.2) is 11.5 Å². The van der Waals surface area contributed by atoms with Gasteiger partial charge in [-0.1, -0.05) is 5.10 Å². The SMILES string of the molecule is Cc1nnc2c(F)c(Nc3ccc(O)cc3F)c(-c3nnc(NCCN(C)C)o3)cn12. The molecule has 0 saturated heterocycles. The molecule has 0 unspecified atom stereocenters. The molecule has 0 aliphatic carbocycles. The molecule has 0 atom stereocenters. The van der Waals surface area contributed by atoms with E-state index in [0.717, 1.165) is 12.6 Å². The number of phenols is 1. The molecule has 3 N–H and O–H groups in total. The van der Waals surface area contributed by atoms with Gasteiger partial charge in [-0.05, 0) is 33.2 Å². The van der Waals surface area contributed by atoms with Crippen molar-refractivity contribution in [2.24, 2.45) is 0 Å². The molecule has 0 saturated carbocycles. The van der Waals surface area contributed by atoms with Crippen molar-refractivity contribution in [3.8, 4) is 17.2 Å². The number of benzene rings is 1. The van der Waals surface area contributed by atoms with Gasteiger partial charge in [-0.15, -0.1) is 15.3 Å². The second-order valence-corrected chi connectivity index (χ2v) is 7.10. The number of fused-ring (bicyclic) bond motifs is 1. The van der Waals surface area contributed by atoms with E-state index in [9.17, 15) is 9.50 Å². The number of aromatic hydroxyl groups is 1. The number of rotatable bonds is 7. The van der Waals surface area contributed by atoms with Crippen molar-refractivity contribution >= 4 is 23.0 Å². The predicted molar refractivity (Wildman–Crippen MR) is 109 cm³/mol. The molecule has 1 aromatic carbocycles. The molecule has 0 radical (unpaired) electrons. The number of halogens is 2. The summed E-state index contributed by atoms with van der Waals surface area (Å²) in [6.45, 7) is 2.97. The molecule has 4 rings (SSSR count). The molecule has 0 amide bonds. The highest BCUT2D eigenvalue weighted by atomic mass is 19.1. The van der Waals surface area contributed by atoms with Crippen LogP contribution in [0.4, 0.5) is 26.2 Å². The van der Waals surface area contributed by atoms with Gasteiger partial charge in [-0.2, -0.15) is 0 Å². The molecule has 0 aliphatic rings. The number of nitrogens with one attached hydrogen (secondary N) is 2. The number of hydrogen-bond donors (Lipinski definition) is 3. The molecule has 0 fully saturated rings. The number of aryl methyl sites for hydroxylation is 1. The lowest BCUT2D eigenvalue weighted by atomic mass is 10.2. The van der Waals surface area contributed by atoms with E-state index in [-0.39, 0.29) is 40.2 Å². The minimum Gasteiger partial charge on any atom is -0.508 e. The van der Waals surface area contributed by atoms with Gasteiger partial charge in [-0.3, -0.25) is 4.40 Å². The van der Waals surface area contributed by atoms with E-state index < -0.39 is 11.6 Å². The number of likely N-dealkylation sites (N-methyl/N-ethyl adjacent to an activating group) is 1. The molecule has 0 spiro atoms. The maximum Gasteiger partial charge on any atom is 0.315 e. The van der Waals surface area contributed by atoms with Crippen molar-refractivity contribution in [2.75, 3.05) is 37.8 Å². The average Bonchev–Trinajstić information content (AvgIpc) is 3.32. The summed E-state index contributed by atoms with van der Waals surface area (Å²) in [7, 11) is 3.86. The predicted octanol–water partition coefficient (Wildman–Crippen LogP) is 2.79. The van der Waals surface area contributed by atoms with Crippen molar-refractivity contribution in [3.05, 3.63) is 41.9 Å². The maximum absolute atomic E-state index is 15.4. The van der Waals surface area contributed by atoms with E-state index in [4.69, 9.17) is 4.42 Å². The molecule has 3 heterocycles. The van der Waals surface area contributed by atoms with Gasteiger partial charge in [0.1, 0.15) is 17.4 Å². The number of phenolic OH excluding ortho intramolecular Hbond substituents is 1. The van der Waals surface area contributed by atoms with Crippen LogP contribution in [0, 0.1) is 18.6 Å². The summed E-state index contributed by atoms with van der Waals surface area (Å²) in [6, 6.07) is 3.65. The number of aromatic nitrogens is 5. The van der Waals surface area contributed by atoms with Gasteiger partial charge in [0.05, 0.1) is 16.9 Å². The molecule has 3 aromatic heterocycles. The fourth-order valence-electron chi connectivity index (χ4n) is 2.91. The zero-order valence-electron chi connectivity index (χ0n) is 17.0. The van der Waals surface area contributed by atoms with Crippen LogP contribution in [0.3, 0.4) is 0 Å². The first-order valence-corrected chi connectivity index (χ1v) is 9.35. The first kappa shape index (κ1) is 20.5. The lowest BCUT2D eigenvalue weighted by Crippen LogP contribution is -2.20. The highest BCUT2D eigenvalue weighted by molar-refractivity contribution is 5.80. The topological polar surface area (TPSA) is 117 Å². The number of nitrogens with zero attached hydrogens (tertiary/aromatic N) is 6. The van der Waals surface area contributed by atoms with Crippen molar-refractivity contribution in [3.63, 3.8) is 0 Å². The van der Waals surface area contributed by atoms with Gasteiger partial charge in [0, 0.05) is 25.4 Å². The Kier molecular flexibility index (Phi) is 5.38. The molecule has 162 valence electrons. The Morgan fingerprint density at radius 1 is 1.16 bits per heavy atom. The third-order valence-electron chi connectivity index (χ3n) is 4.51. The van der Waals surface area contributed by atoms with Crippen LogP contribution >= 0.6 is 0 Å². The second-order valence-electron chi connectivity index (χ2n) is 7.10. The number of hydrogen-bond acceptors (Lipinski definition) is 9. The van der Waals surface area contributed by atoms with Crippen molar-refractivity contribution in [2.45, 2.75) is 6.92 Å². The van der Waals surface area contributed by atoms with Gasteiger partial charge in [0.2, 0.25) is 0 Å².